The van der Waals surface area contributed by atoms with Gasteiger partial charge >= 0.3 is 11.9 Å². The summed E-state index contributed by atoms with van der Waals surface area (Å²) < 4.78 is 0.315. The van der Waals surface area contributed by atoms with Crippen molar-refractivity contribution in [2.75, 3.05) is 32.8 Å². The summed E-state index contributed by atoms with van der Waals surface area (Å²) in [6.45, 7) is 6.99. The van der Waals surface area contributed by atoms with E-state index in [1.54, 1.807) is 13.8 Å². The van der Waals surface area contributed by atoms with Gasteiger partial charge in [-0.1, -0.05) is 31.9 Å². The summed E-state index contributed by atoms with van der Waals surface area (Å²) in [7, 11) is 0. The van der Waals surface area contributed by atoms with Crippen molar-refractivity contribution in [1.82, 2.24) is 0 Å². The molecule has 0 aromatic rings. The van der Waals surface area contributed by atoms with Crippen LogP contribution in [0.2, 0.25) is 0 Å². The average molecular weight is 344 g/mol. The Morgan fingerprint density at radius 2 is 1.46 bits per heavy atom. The molecule has 3 N–H and O–H groups in total. The monoisotopic (exact) mass is 344 g/mol. The van der Waals surface area contributed by atoms with Crippen molar-refractivity contribution in [3.63, 3.8) is 0 Å². The molecular weight excluding hydrogens is 310 g/mol. The zero-order chi connectivity index (χ0) is 18.6. The lowest BCUT2D eigenvalue weighted by molar-refractivity contribution is -0.932. The number of carbonyl (C=O) groups is 2. The van der Waals surface area contributed by atoms with Gasteiger partial charge in [0.15, 0.2) is 0 Å². The van der Waals surface area contributed by atoms with Crippen molar-refractivity contribution in [3.8, 4) is 0 Å². The molecule has 0 aromatic heterocycles. The fraction of sp³-hybridized carbons (Fsp3) is 0.778. The fourth-order valence-electron chi connectivity index (χ4n) is 2.99. The first kappa shape index (κ1) is 22.6. The molecule has 0 aliphatic heterocycles. The number of unbranched alkanes of at least 4 members (excludes halogenated alkanes) is 2. The van der Waals surface area contributed by atoms with E-state index < -0.39 is 23.8 Å². The van der Waals surface area contributed by atoms with E-state index in [9.17, 15) is 24.9 Å². The van der Waals surface area contributed by atoms with Crippen molar-refractivity contribution in [2.45, 2.75) is 46.5 Å². The Bertz CT molecular complexity index is 386. The summed E-state index contributed by atoms with van der Waals surface area (Å²) in [6.07, 6.45) is 8.26. The highest BCUT2D eigenvalue weighted by molar-refractivity contribution is 5.70. The molecular formula is C18H34NO5+. The molecule has 6 heteroatoms. The molecule has 0 aromatic carbocycles. The van der Waals surface area contributed by atoms with Crippen molar-refractivity contribution >= 4 is 11.9 Å². The Morgan fingerprint density at radius 3 is 1.88 bits per heavy atom. The minimum atomic E-state index is -0.892. The van der Waals surface area contributed by atoms with E-state index in [0.29, 0.717) is 30.7 Å². The normalized spacial score (nSPS) is 16.7. The first-order valence-electron chi connectivity index (χ1n) is 8.84. The highest BCUT2D eigenvalue weighted by Gasteiger charge is 2.34. The summed E-state index contributed by atoms with van der Waals surface area (Å²) in [5, 5.41) is 27.9. The maximum absolute atomic E-state index is 11.2. The van der Waals surface area contributed by atoms with Crippen molar-refractivity contribution < 1.29 is 29.4 Å². The van der Waals surface area contributed by atoms with Crippen molar-refractivity contribution in [1.29, 1.82) is 0 Å². The van der Waals surface area contributed by atoms with Crippen LogP contribution in [0.3, 0.4) is 0 Å². The summed E-state index contributed by atoms with van der Waals surface area (Å²) in [5.74, 6) is -2.95. The Kier molecular flexibility index (Phi) is 11.3. The topological polar surface area (TPSA) is 94.8 Å². The third-order valence-electron chi connectivity index (χ3n) is 4.40. The van der Waals surface area contributed by atoms with Gasteiger partial charge in [0.2, 0.25) is 0 Å². The van der Waals surface area contributed by atoms with E-state index in [2.05, 4.69) is 19.1 Å². The smallest absolute Gasteiger partial charge is 0.311 e. The molecule has 0 saturated heterocycles. The predicted molar refractivity (Wildman–Crippen MR) is 93.7 cm³/mol. The average Bonchev–Trinajstić information content (AvgIpc) is 2.50. The van der Waals surface area contributed by atoms with E-state index in [0.717, 1.165) is 25.7 Å². The molecule has 0 heterocycles. The number of carboxylic acid groups (broad SMARTS) is 2. The number of aliphatic carboxylic acids is 2. The second kappa shape index (κ2) is 12.0. The largest absolute Gasteiger partial charge is 0.481 e. The van der Waals surface area contributed by atoms with Crippen LogP contribution in [0.1, 0.15) is 46.5 Å². The number of quaternary nitrogens is 1. The molecule has 2 unspecified atom stereocenters. The minimum absolute atomic E-state index is 0.0851. The van der Waals surface area contributed by atoms with Crippen LogP contribution in [0.25, 0.3) is 0 Å². The minimum Gasteiger partial charge on any atom is -0.481 e. The quantitative estimate of drug-likeness (QED) is 0.255. The molecule has 6 nitrogen and oxygen atoms in total. The molecule has 0 radical (unpaired) electrons. The van der Waals surface area contributed by atoms with E-state index in [1.807, 2.05) is 0 Å². The first-order chi connectivity index (χ1) is 11.3. The molecule has 2 atom stereocenters. The van der Waals surface area contributed by atoms with Gasteiger partial charge in [-0.2, -0.15) is 0 Å². The molecule has 0 spiro atoms. The molecule has 24 heavy (non-hydrogen) atoms. The lowest BCUT2D eigenvalue weighted by atomic mass is 10.0. The maximum atomic E-state index is 11.2. The van der Waals surface area contributed by atoms with Gasteiger partial charge in [0.25, 0.3) is 0 Å². The van der Waals surface area contributed by atoms with Gasteiger partial charge in [-0.05, 0) is 20.3 Å². The predicted octanol–water partition coefficient (Wildman–Crippen LogP) is 2.37. The zero-order valence-electron chi connectivity index (χ0n) is 15.3. The van der Waals surface area contributed by atoms with Crippen LogP contribution < -0.4 is 0 Å². The number of nitrogens with zero attached hydrogens (tertiary/aromatic N) is 1. The number of aliphatic hydroxyl groups excluding tert-OH is 1. The lowest BCUT2D eigenvalue weighted by Gasteiger charge is -2.40. The molecule has 0 aliphatic rings. The lowest BCUT2D eigenvalue weighted by Crippen LogP contribution is -2.56. The zero-order valence-corrected chi connectivity index (χ0v) is 15.3. The Morgan fingerprint density at radius 1 is 0.958 bits per heavy atom. The van der Waals surface area contributed by atoms with Crippen LogP contribution in [-0.4, -0.2) is 64.5 Å². The van der Waals surface area contributed by atoms with Crippen LogP contribution in [0.4, 0.5) is 0 Å². The van der Waals surface area contributed by atoms with Gasteiger partial charge in [0.05, 0.1) is 26.2 Å². The van der Waals surface area contributed by atoms with Crippen molar-refractivity contribution in [3.05, 3.63) is 12.2 Å². The van der Waals surface area contributed by atoms with E-state index in [4.69, 9.17) is 0 Å². The molecule has 0 rings (SSSR count). The van der Waals surface area contributed by atoms with Gasteiger partial charge in [-0.25, -0.2) is 0 Å². The van der Waals surface area contributed by atoms with Gasteiger partial charge < -0.3 is 19.8 Å². The summed E-state index contributed by atoms with van der Waals surface area (Å²) in [6, 6.07) is 0. The SMILES string of the molecule is CCCC/C=C/CC[N+](CCO)(CC(C)C(=O)O)CC(C)C(=O)O. The first-order valence-corrected chi connectivity index (χ1v) is 8.84. The van der Waals surface area contributed by atoms with E-state index in [-0.39, 0.29) is 6.61 Å². The number of allylic oxidation sites excluding steroid dienone is 1. The summed E-state index contributed by atoms with van der Waals surface area (Å²) in [4.78, 5) is 22.5. The highest BCUT2D eigenvalue weighted by atomic mass is 16.4. The number of hydrogen-bond donors (Lipinski definition) is 3. The van der Waals surface area contributed by atoms with E-state index >= 15 is 0 Å². The summed E-state index contributed by atoms with van der Waals surface area (Å²) >= 11 is 0. The van der Waals surface area contributed by atoms with Gasteiger partial charge in [-0.3, -0.25) is 9.59 Å². The molecule has 0 aliphatic carbocycles. The summed E-state index contributed by atoms with van der Waals surface area (Å²) in [5.41, 5.74) is 0. The molecule has 0 bridgehead atoms. The third-order valence-corrected chi connectivity index (χ3v) is 4.40. The highest BCUT2D eigenvalue weighted by Crippen LogP contribution is 2.18. The second-order valence-electron chi connectivity index (χ2n) is 6.76. The van der Waals surface area contributed by atoms with Crippen LogP contribution >= 0.6 is 0 Å². The van der Waals surface area contributed by atoms with Crippen LogP contribution in [-0.2, 0) is 9.59 Å². The molecule has 140 valence electrons. The van der Waals surface area contributed by atoms with Crippen LogP contribution in [0.5, 0.6) is 0 Å². The fourth-order valence-corrected chi connectivity index (χ4v) is 2.99. The van der Waals surface area contributed by atoms with Crippen LogP contribution in [0.15, 0.2) is 12.2 Å². The Balaban J connectivity index is 5.06. The molecule has 0 amide bonds. The Hall–Kier alpha value is -1.40. The van der Waals surface area contributed by atoms with Gasteiger partial charge in [0.1, 0.15) is 18.4 Å². The van der Waals surface area contributed by atoms with Crippen molar-refractivity contribution in [2.24, 2.45) is 11.8 Å². The van der Waals surface area contributed by atoms with E-state index in [1.165, 1.54) is 0 Å². The standard InChI is InChI=1S/C18H33NO5/c1-4-5-6-7-8-9-10-19(11-12-20,13-15(2)17(21)22)14-16(3)18(23)24/h7-8,15-16,20H,4-6,9-14H2,1-3H3,(H-,21,22,23,24)/p+1/b8-7+. The number of carboxylic acids is 2. The Labute approximate surface area is 145 Å². The van der Waals surface area contributed by atoms with Crippen LogP contribution in [0, 0.1) is 11.8 Å². The second-order valence-corrected chi connectivity index (χ2v) is 6.76. The number of rotatable bonds is 14. The van der Waals surface area contributed by atoms with Gasteiger partial charge in [-0.15, -0.1) is 0 Å². The maximum Gasteiger partial charge on any atom is 0.311 e. The third kappa shape index (κ3) is 9.03. The number of hydrogen-bond acceptors (Lipinski definition) is 3. The molecule has 0 fully saturated rings. The molecule has 0 saturated carbocycles. The number of aliphatic hydroxyl groups is 1. The van der Waals surface area contributed by atoms with Gasteiger partial charge in [0, 0.05) is 6.42 Å².